The van der Waals surface area contributed by atoms with Crippen molar-refractivity contribution < 1.29 is 14.6 Å². The van der Waals surface area contributed by atoms with Crippen molar-refractivity contribution in [2.24, 2.45) is 5.92 Å². The molecule has 0 saturated carbocycles. The largest absolute Gasteiger partial charge is 0.458 e. The lowest BCUT2D eigenvalue weighted by molar-refractivity contribution is -0.143. The van der Waals surface area contributed by atoms with Gasteiger partial charge < -0.3 is 9.84 Å². The lowest BCUT2D eigenvalue weighted by atomic mass is 10.0. The van der Waals surface area contributed by atoms with Crippen LogP contribution in [0, 0.1) is 5.92 Å². The zero-order chi connectivity index (χ0) is 12.4. The summed E-state index contributed by atoms with van der Waals surface area (Å²) in [5, 5.41) is 9.57. The number of aliphatic hydroxyl groups is 1. The number of esters is 1. The SMILES string of the molecule is CC(C)[C@@H]1OC(=O)[C@H](Sc2ccccc2)[C@@H]1O. The van der Waals surface area contributed by atoms with Crippen molar-refractivity contribution in [2.75, 3.05) is 0 Å². The maximum absolute atomic E-state index is 11.7. The van der Waals surface area contributed by atoms with Gasteiger partial charge in [0.25, 0.3) is 0 Å². The lowest BCUT2D eigenvalue weighted by Gasteiger charge is -2.18. The Bertz CT molecular complexity index is 391. The molecule has 1 fully saturated rings. The van der Waals surface area contributed by atoms with Gasteiger partial charge in [-0.3, -0.25) is 4.79 Å². The Kier molecular flexibility index (Phi) is 3.74. The van der Waals surface area contributed by atoms with E-state index in [0.29, 0.717) is 0 Å². The van der Waals surface area contributed by atoms with Crippen LogP contribution in [-0.4, -0.2) is 28.5 Å². The highest BCUT2D eigenvalue weighted by atomic mass is 32.2. The van der Waals surface area contributed by atoms with E-state index >= 15 is 0 Å². The molecule has 92 valence electrons. The molecule has 0 bridgehead atoms. The minimum atomic E-state index is -0.729. The Morgan fingerprint density at radius 2 is 1.94 bits per heavy atom. The van der Waals surface area contributed by atoms with Gasteiger partial charge in [0, 0.05) is 4.90 Å². The predicted octanol–water partition coefficient (Wildman–Crippen LogP) is 2.09. The molecule has 1 aromatic carbocycles. The van der Waals surface area contributed by atoms with E-state index in [1.165, 1.54) is 11.8 Å². The van der Waals surface area contributed by atoms with Crippen molar-refractivity contribution in [3.63, 3.8) is 0 Å². The molecule has 0 unspecified atom stereocenters. The number of hydrogen-bond acceptors (Lipinski definition) is 4. The number of benzene rings is 1. The van der Waals surface area contributed by atoms with Crippen LogP contribution in [0.1, 0.15) is 13.8 Å². The van der Waals surface area contributed by atoms with Crippen molar-refractivity contribution >= 4 is 17.7 Å². The van der Waals surface area contributed by atoms with Crippen LogP contribution in [0.25, 0.3) is 0 Å². The molecule has 1 N–H and O–H groups in total. The van der Waals surface area contributed by atoms with Gasteiger partial charge in [-0.2, -0.15) is 0 Å². The highest BCUT2D eigenvalue weighted by molar-refractivity contribution is 8.00. The summed E-state index contributed by atoms with van der Waals surface area (Å²) in [6.07, 6.45) is -1.11. The first-order chi connectivity index (χ1) is 8.09. The highest BCUT2D eigenvalue weighted by Gasteiger charge is 2.45. The normalized spacial score (nSPS) is 28.5. The van der Waals surface area contributed by atoms with E-state index < -0.39 is 11.4 Å². The summed E-state index contributed by atoms with van der Waals surface area (Å²) >= 11 is 1.36. The standard InChI is InChI=1S/C13H16O3S/c1-8(2)11-10(14)12(13(15)16-11)17-9-6-4-3-5-7-9/h3-8,10-12,14H,1-2H3/t10-,11+,12-/m1/s1. The minimum Gasteiger partial charge on any atom is -0.458 e. The van der Waals surface area contributed by atoms with E-state index in [1.807, 2.05) is 44.2 Å². The second-order valence-corrected chi connectivity index (χ2v) is 5.70. The third kappa shape index (κ3) is 2.64. The van der Waals surface area contributed by atoms with Crippen LogP contribution >= 0.6 is 11.8 Å². The number of carbonyl (C=O) groups excluding carboxylic acids is 1. The molecule has 1 heterocycles. The van der Waals surface area contributed by atoms with Crippen molar-refractivity contribution in [1.82, 2.24) is 0 Å². The zero-order valence-corrected chi connectivity index (χ0v) is 10.7. The minimum absolute atomic E-state index is 0.135. The summed E-state index contributed by atoms with van der Waals surface area (Å²) in [6, 6.07) is 9.59. The van der Waals surface area contributed by atoms with Gasteiger partial charge in [0.15, 0.2) is 0 Å². The molecule has 1 aliphatic rings. The van der Waals surface area contributed by atoms with Crippen LogP contribution in [-0.2, 0) is 9.53 Å². The lowest BCUT2D eigenvalue weighted by Crippen LogP contribution is -2.32. The predicted molar refractivity (Wildman–Crippen MR) is 66.8 cm³/mol. The smallest absolute Gasteiger partial charge is 0.322 e. The van der Waals surface area contributed by atoms with Gasteiger partial charge in [0.05, 0.1) is 0 Å². The topological polar surface area (TPSA) is 46.5 Å². The van der Waals surface area contributed by atoms with E-state index in [2.05, 4.69) is 0 Å². The summed E-state index contributed by atoms with van der Waals surface area (Å²) in [6.45, 7) is 3.88. The summed E-state index contributed by atoms with van der Waals surface area (Å²) in [5.41, 5.74) is 0. The fraction of sp³-hybridized carbons (Fsp3) is 0.462. The number of ether oxygens (including phenoxy) is 1. The third-order valence-electron chi connectivity index (χ3n) is 2.79. The molecule has 0 aromatic heterocycles. The Morgan fingerprint density at radius 3 is 2.47 bits per heavy atom. The van der Waals surface area contributed by atoms with E-state index in [0.717, 1.165) is 4.90 Å². The average molecular weight is 252 g/mol. The first kappa shape index (κ1) is 12.5. The molecule has 17 heavy (non-hydrogen) atoms. The zero-order valence-electron chi connectivity index (χ0n) is 9.87. The molecule has 0 spiro atoms. The Hall–Kier alpha value is -1.00. The molecular formula is C13H16O3S. The number of carbonyl (C=O) groups is 1. The molecule has 1 aromatic rings. The molecule has 0 amide bonds. The molecule has 1 aliphatic heterocycles. The average Bonchev–Trinajstić information content (AvgIpc) is 2.58. The maximum atomic E-state index is 11.7. The summed E-state index contributed by atoms with van der Waals surface area (Å²) in [4.78, 5) is 12.7. The quantitative estimate of drug-likeness (QED) is 0.837. The Balaban J connectivity index is 2.09. The van der Waals surface area contributed by atoms with E-state index in [1.54, 1.807) is 0 Å². The van der Waals surface area contributed by atoms with Crippen molar-refractivity contribution in [1.29, 1.82) is 0 Å². The van der Waals surface area contributed by atoms with Gasteiger partial charge in [-0.1, -0.05) is 32.0 Å². The molecule has 3 atom stereocenters. The first-order valence-corrected chi connectivity index (χ1v) is 6.58. The molecular weight excluding hydrogens is 236 g/mol. The summed E-state index contributed by atoms with van der Waals surface area (Å²) in [5.74, 6) is -0.180. The molecule has 4 heteroatoms. The fourth-order valence-electron chi connectivity index (χ4n) is 1.88. The van der Waals surface area contributed by atoms with Crippen molar-refractivity contribution in [2.45, 2.75) is 36.2 Å². The van der Waals surface area contributed by atoms with Crippen LogP contribution in [0.15, 0.2) is 35.2 Å². The molecule has 0 aliphatic carbocycles. The summed E-state index contributed by atoms with van der Waals surface area (Å²) < 4.78 is 5.21. The Labute approximate surface area is 105 Å². The second-order valence-electron chi connectivity index (χ2n) is 4.49. The van der Waals surface area contributed by atoms with E-state index in [9.17, 15) is 9.90 Å². The van der Waals surface area contributed by atoms with E-state index in [-0.39, 0.29) is 18.0 Å². The number of rotatable bonds is 3. The molecule has 2 rings (SSSR count). The van der Waals surface area contributed by atoms with Gasteiger partial charge >= 0.3 is 5.97 Å². The molecule has 3 nitrogen and oxygen atoms in total. The maximum Gasteiger partial charge on any atom is 0.322 e. The van der Waals surface area contributed by atoms with Crippen LogP contribution in [0.4, 0.5) is 0 Å². The second kappa shape index (κ2) is 5.10. The number of hydrogen-bond donors (Lipinski definition) is 1. The van der Waals surface area contributed by atoms with Gasteiger partial charge in [0.1, 0.15) is 17.5 Å². The number of thioether (sulfide) groups is 1. The van der Waals surface area contributed by atoms with Crippen LogP contribution in [0.5, 0.6) is 0 Å². The monoisotopic (exact) mass is 252 g/mol. The Morgan fingerprint density at radius 1 is 1.29 bits per heavy atom. The number of cyclic esters (lactones) is 1. The van der Waals surface area contributed by atoms with Gasteiger partial charge in [-0.15, -0.1) is 11.8 Å². The highest BCUT2D eigenvalue weighted by Crippen LogP contribution is 2.34. The molecule has 1 saturated heterocycles. The first-order valence-electron chi connectivity index (χ1n) is 5.70. The van der Waals surface area contributed by atoms with Gasteiger partial charge in [0.2, 0.25) is 0 Å². The van der Waals surface area contributed by atoms with Crippen LogP contribution in [0.2, 0.25) is 0 Å². The van der Waals surface area contributed by atoms with Crippen LogP contribution in [0.3, 0.4) is 0 Å². The number of aliphatic hydroxyl groups excluding tert-OH is 1. The van der Waals surface area contributed by atoms with Crippen molar-refractivity contribution in [3.05, 3.63) is 30.3 Å². The summed E-state index contributed by atoms with van der Waals surface area (Å²) in [7, 11) is 0. The third-order valence-corrected chi connectivity index (χ3v) is 4.06. The van der Waals surface area contributed by atoms with Gasteiger partial charge in [-0.05, 0) is 18.1 Å². The fourth-order valence-corrected chi connectivity index (χ4v) is 2.93. The van der Waals surface area contributed by atoms with Gasteiger partial charge in [-0.25, -0.2) is 0 Å². The molecule has 0 radical (unpaired) electrons. The van der Waals surface area contributed by atoms with E-state index in [4.69, 9.17) is 4.74 Å². The van der Waals surface area contributed by atoms with Crippen molar-refractivity contribution in [3.8, 4) is 0 Å². The van der Waals surface area contributed by atoms with Crippen LogP contribution < -0.4 is 0 Å².